The van der Waals surface area contributed by atoms with Crippen LogP contribution in [0.3, 0.4) is 0 Å². The molecule has 0 fully saturated rings. The number of hydrogen-bond acceptors (Lipinski definition) is 4. The molecule has 6 heteroatoms. The lowest BCUT2D eigenvalue weighted by atomic mass is 9.98. The zero-order chi connectivity index (χ0) is 15.2. The summed E-state index contributed by atoms with van der Waals surface area (Å²) in [5.74, 6) is -1.73. The molecule has 0 aliphatic heterocycles. The number of hydrogen-bond donors (Lipinski definition) is 4. The van der Waals surface area contributed by atoms with Crippen molar-refractivity contribution in [2.45, 2.75) is 25.8 Å². The Morgan fingerprint density at radius 3 is 2.10 bits per heavy atom. The number of aliphatic hydroxyl groups is 2. The van der Waals surface area contributed by atoms with Crippen LogP contribution in [0.5, 0.6) is 0 Å². The molecule has 0 bridgehead atoms. The van der Waals surface area contributed by atoms with Gasteiger partial charge in [-0.25, -0.2) is 0 Å². The molecule has 1 aromatic rings. The number of carbonyl (C=O) groups is 2. The Hall–Kier alpha value is -1.92. The minimum absolute atomic E-state index is 0.309. The fraction of sp³-hybridized carbons (Fsp3) is 0.429. The van der Waals surface area contributed by atoms with Crippen molar-refractivity contribution in [2.75, 3.05) is 18.5 Å². The van der Waals surface area contributed by atoms with Gasteiger partial charge in [0.2, 0.25) is 0 Å². The van der Waals surface area contributed by atoms with E-state index in [9.17, 15) is 19.8 Å². The Balaban J connectivity index is 2.67. The highest BCUT2D eigenvalue weighted by atomic mass is 16.3. The maximum atomic E-state index is 11.8. The number of benzene rings is 1. The summed E-state index contributed by atoms with van der Waals surface area (Å²) in [6, 6.07) is 6.99. The van der Waals surface area contributed by atoms with Crippen molar-refractivity contribution < 1.29 is 19.8 Å². The van der Waals surface area contributed by atoms with E-state index < -0.39 is 30.6 Å². The first-order chi connectivity index (χ1) is 9.46. The number of aliphatic hydroxyl groups excluding tert-OH is 2. The fourth-order valence-corrected chi connectivity index (χ4v) is 1.56. The standard InChI is InChI=1S/C14H20N2O4/c1-3-14(8-17,9-18)16-13(20)12(19)15-11-6-4-10(2)5-7-11/h4-7,17-18H,3,8-9H2,1-2H3,(H,15,19)(H,16,20). The Kier molecular flexibility index (Phi) is 5.66. The van der Waals surface area contributed by atoms with E-state index in [0.29, 0.717) is 12.1 Å². The molecule has 0 heterocycles. The molecule has 0 atom stereocenters. The third-order valence-electron chi connectivity index (χ3n) is 3.18. The summed E-state index contributed by atoms with van der Waals surface area (Å²) in [7, 11) is 0. The summed E-state index contributed by atoms with van der Waals surface area (Å²) in [6.45, 7) is 2.73. The monoisotopic (exact) mass is 280 g/mol. The van der Waals surface area contributed by atoms with Crippen LogP contribution in [0.25, 0.3) is 0 Å². The molecule has 0 unspecified atom stereocenters. The lowest BCUT2D eigenvalue weighted by Crippen LogP contribution is -2.56. The maximum Gasteiger partial charge on any atom is 0.313 e. The van der Waals surface area contributed by atoms with Gasteiger partial charge in [0.15, 0.2) is 0 Å². The van der Waals surface area contributed by atoms with Crippen molar-refractivity contribution in [3.8, 4) is 0 Å². The summed E-state index contributed by atoms with van der Waals surface area (Å²) in [6.07, 6.45) is 0.309. The van der Waals surface area contributed by atoms with E-state index in [2.05, 4.69) is 10.6 Å². The minimum atomic E-state index is -1.18. The number of rotatable bonds is 5. The average molecular weight is 280 g/mol. The van der Waals surface area contributed by atoms with Crippen LogP contribution in [-0.2, 0) is 9.59 Å². The van der Waals surface area contributed by atoms with E-state index >= 15 is 0 Å². The lowest BCUT2D eigenvalue weighted by molar-refractivity contribution is -0.138. The van der Waals surface area contributed by atoms with Crippen molar-refractivity contribution in [3.63, 3.8) is 0 Å². The predicted octanol–water partition coefficient (Wildman–Crippen LogP) is 0.183. The smallest absolute Gasteiger partial charge is 0.313 e. The Morgan fingerprint density at radius 2 is 1.65 bits per heavy atom. The van der Waals surface area contributed by atoms with E-state index in [1.54, 1.807) is 19.1 Å². The van der Waals surface area contributed by atoms with Gasteiger partial charge in [-0.3, -0.25) is 9.59 Å². The minimum Gasteiger partial charge on any atom is -0.394 e. The van der Waals surface area contributed by atoms with Gasteiger partial charge < -0.3 is 20.8 Å². The van der Waals surface area contributed by atoms with Gasteiger partial charge in [-0.1, -0.05) is 24.6 Å². The maximum absolute atomic E-state index is 11.8. The van der Waals surface area contributed by atoms with Gasteiger partial charge in [0.25, 0.3) is 0 Å². The first-order valence-corrected chi connectivity index (χ1v) is 6.38. The molecule has 20 heavy (non-hydrogen) atoms. The lowest BCUT2D eigenvalue weighted by Gasteiger charge is -2.29. The molecule has 0 saturated heterocycles. The largest absolute Gasteiger partial charge is 0.394 e. The van der Waals surface area contributed by atoms with Crippen LogP contribution in [-0.4, -0.2) is 40.8 Å². The Bertz CT molecular complexity index is 458. The topological polar surface area (TPSA) is 98.7 Å². The van der Waals surface area contributed by atoms with Gasteiger partial charge in [0.05, 0.1) is 18.8 Å². The first kappa shape index (κ1) is 16.1. The van der Waals surface area contributed by atoms with Crippen LogP contribution in [0.4, 0.5) is 5.69 Å². The van der Waals surface area contributed by atoms with Gasteiger partial charge in [-0.2, -0.15) is 0 Å². The molecule has 110 valence electrons. The van der Waals surface area contributed by atoms with Crippen LogP contribution < -0.4 is 10.6 Å². The van der Waals surface area contributed by atoms with Gasteiger partial charge >= 0.3 is 11.8 Å². The second-order valence-electron chi connectivity index (χ2n) is 4.72. The fourth-order valence-electron chi connectivity index (χ4n) is 1.56. The number of anilines is 1. The highest BCUT2D eigenvalue weighted by Gasteiger charge is 2.30. The highest BCUT2D eigenvalue weighted by Crippen LogP contribution is 2.10. The van der Waals surface area contributed by atoms with Crippen LogP contribution in [0.2, 0.25) is 0 Å². The van der Waals surface area contributed by atoms with Gasteiger partial charge in [0, 0.05) is 5.69 Å². The summed E-state index contributed by atoms with van der Waals surface area (Å²) >= 11 is 0. The molecule has 0 aromatic heterocycles. The van der Waals surface area contributed by atoms with E-state index in [1.807, 2.05) is 19.1 Å². The number of aryl methyl sites for hydroxylation is 1. The third-order valence-corrected chi connectivity index (χ3v) is 3.18. The van der Waals surface area contributed by atoms with E-state index in [0.717, 1.165) is 5.56 Å². The van der Waals surface area contributed by atoms with E-state index in [4.69, 9.17) is 0 Å². The summed E-state index contributed by atoms with van der Waals surface area (Å²) < 4.78 is 0. The third kappa shape index (κ3) is 4.04. The normalized spacial score (nSPS) is 11.0. The van der Waals surface area contributed by atoms with Crippen molar-refractivity contribution in [2.24, 2.45) is 0 Å². The summed E-state index contributed by atoms with van der Waals surface area (Å²) in [4.78, 5) is 23.5. The van der Waals surface area contributed by atoms with Crippen LogP contribution in [0.1, 0.15) is 18.9 Å². The summed E-state index contributed by atoms with van der Waals surface area (Å²) in [5.41, 5.74) is 0.366. The molecule has 0 aliphatic carbocycles. The molecule has 1 aromatic carbocycles. The Labute approximate surface area is 117 Å². The van der Waals surface area contributed by atoms with Crippen LogP contribution in [0.15, 0.2) is 24.3 Å². The molecular formula is C14H20N2O4. The van der Waals surface area contributed by atoms with Crippen molar-refractivity contribution >= 4 is 17.5 Å². The second kappa shape index (κ2) is 7.02. The molecule has 6 nitrogen and oxygen atoms in total. The SMILES string of the molecule is CCC(CO)(CO)NC(=O)C(=O)Nc1ccc(C)cc1. The Morgan fingerprint density at radius 1 is 1.10 bits per heavy atom. The second-order valence-corrected chi connectivity index (χ2v) is 4.72. The predicted molar refractivity (Wildman–Crippen MR) is 75.1 cm³/mol. The molecule has 0 spiro atoms. The first-order valence-electron chi connectivity index (χ1n) is 6.38. The molecule has 0 aliphatic rings. The summed E-state index contributed by atoms with van der Waals surface area (Å²) in [5, 5.41) is 23.3. The number of carbonyl (C=O) groups excluding carboxylic acids is 2. The quantitative estimate of drug-likeness (QED) is 0.578. The number of nitrogens with one attached hydrogen (secondary N) is 2. The van der Waals surface area contributed by atoms with Gasteiger partial charge in [0.1, 0.15) is 0 Å². The van der Waals surface area contributed by atoms with Crippen LogP contribution >= 0.6 is 0 Å². The zero-order valence-electron chi connectivity index (χ0n) is 11.6. The van der Waals surface area contributed by atoms with Crippen molar-refractivity contribution in [1.82, 2.24) is 5.32 Å². The van der Waals surface area contributed by atoms with Crippen molar-refractivity contribution in [1.29, 1.82) is 0 Å². The van der Waals surface area contributed by atoms with E-state index in [1.165, 1.54) is 0 Å². The molecule has 4 N–H and O–H groups in total. The average Bonchev–Trinajstić information content (AvgIpc) is 2.47. The van der Waals surface area contributed by atoms with E-state index in [-0.39, 0.29) is 0 Å². The molecule has 0 radical (unpaired) electrons. The van der Waals surface area contributed by atoms with Gasteiger partial charge in [-0.15, -0.1) is 0 Å². The molecule has 0 saturated carbocycles. The zero-order valence-corrected chi connectivity index (χ0v) is 11.6. The van der Waals surface area contributed by atoms with Crippen molar-refractivity contribution in [3.05, 3.63) is 29.8 Å². The van der Waals surface area contributed by atoms with Gasteiger partial charge in [-0.05, 0) is 25.5 Å². The molecule has 1 rings (SSSR count). The van der Waals surface area contributed by atoms with Crippen LogP contribution in [0, 0.1) is 6.92 Å². The highest BCUT2D eigenvalue weighted by molar-refractivity contribution is 6.39. The molecular weight excluding hydrogens is 260 g/mol. The molecule has 2 amide bonds. The number of amides is 2.